The zero-order valence-corrected chi connectivity index (χ0v) is 9.72. The zero-order valence-electron chi connectivity index (χ0n) is 9.72. The van der Waals surface area contributed by atoms with Gasteiger partial charge >= 0.3 is 0 Å². The van der Waals surface area contributed by atoms with E-state index in [0.717, 1.165) is 28.0 Å². The molecule has 0 aliphatic rings. The lowest BCUT2D eigenvalue weighted by Gasteiger charge is -1.95. The lowest BCUT2D eigenvalue weighted by Crippen LogP contribution is -1.87. The number of fused-ring (bicyclic) bond motifs is 1. The minimum atomic E-state index is 0.343. The van der Waals surface area contributed by atoms with Crippen LogP contribution in [0.2, 0.25) is 0 Å². The van der Waals surface area contributed by atoms with E-state index < -0.39 is 0 Å². The molecule has 0 spiro atoms. The van der Waals surface area contributed by atoms with Gasteiger partial charge in [-0.25, -0.2) is 4.98 Å². The Morgan fingerprint density at radius 2 is 1.94 bits per heavy atom. The molecule has 18 heavy (non-hydrogen) atoms. The molecule has 0 amide bonds. The maximum absolute atomic E-state index is 8.67. The molecular formula is C15H11N3. The number of benzene rings is 1. The molecule has 3 aromatic rings. The van der Waals surface area contributed by atoms with Crippen molar-refractivity contribution in [1.82, 2.24) is 9.97 Å². The van der Waals surface area contributed by atoms with Crippen molar-refractivity contribution in [2.45, 2.75) is 6.42 Å². The van der Waals surface area contributed by atoms with Crippen LogP contribution in [0.15, 0.2) is 48.5 Å². The monoisotopic (exact) mass is 233 g/mol. The largest absolute Gasteiger partial charge is 0.339 e. The first-order valence-corrected chi connectivity index (χ1v) is 5.78. The topological polar surface area (TPSA) is 52.5 Å². The van der Waals surface area contributed by atoms with E-state index in [2.05, 4.69) is 34.2 Å². The molecule has 2 aromatic heterocycles. The quantitative estimate of drug-likeness (QED) is 0.738. The number of hydrogen-bond donors (Lipinski definition) is 1. The number of pyridine rings is 1. The van der Waals surface area contributed by atoms with E-state index in [-0.39, 0.29) is 0 Å². The molecule has 3 rings (SSSR count). The van der Waals surface area contributed by atoms with Gasteiger partial charge in [-0.3, -0.25) is 0 Å². The Balaban J connectivity index is 2.09. The van der Waals surface area contributed by atoms with Gasteiger partial charge in [0, 0.05) is 11.1 Å². The number of aromatic nitrogens is 2. The van der Waals surface area contributed by atoms with E-state index in [0.29, 0.717) is 6.42 Å². The first-order valence-electron chi connectivity index (χ1n) is 5.78. The Labute approximate surface area is 105 Å². The third-order valence-electron chi connectivity index (χ3n) is 2.88. The fraction of sp³-hybridized carbons (Fsp3) is 0.0667. The molecule has 0 radical (unpaired) electrons. The van der Waals surface area contributed by atoms with E-state index in [4.69, 9.17) is 5.26 Å². The highest BCUT2D eigenvalue weighted by molar-refractivity contribution is 5.83. The molecule has 1 N–H and O–H groups in total. The van der Waals surface area contributed by atoms with E-state index in [1.165, 1.54) is 0 Å². The number of hydrogen-bond acceptors (Lipinski definition) is 2. The Bertz CT molecular complexity index is 720. The first-order chi connectivity index (χ1) is 8.86. The Kier molecular flexibility index (Phi) is 2.54. The van der Waals surface area contributed by atoms with Gasteiger partial charge in [0.05, 0.1) is 18.2 Å². The molecule has 0 bridgehead atoms. The molecule has 0 fully saturated rings. The molecule has 0 atom stereocenters. The molecule has 1 aromatic carbocycles. The smallest absolute Gasteiger partial charge is 0.138 e. The normalized spacial score (nSPS) is 10.4. The number of nitrogens with zero attached hydrogens (tertiary/aromatic N) is 2. The SMILES string of the molecule is N#CCc1ccc2cc(-c3ccccc3)[nH]c2n1. The summed E-state index contributed by atoms with van der Waals surface area (Å²) in [7, 11) is 0. The molecule has 0 aliphatic heterocycles. The summed E-state index contributed by atoms with van der Waals surface area (Å²) in [6.07, 6.45) is 0.343. The van der Waals surface area contributed by atoms with Crippen molar-refractivity contribution >= 4 is 11.0 Å². The predicted molar refractivity (Wildman–Crippen MR) is 70.8 cm³/mol. The average molecular weight is 233 g/mol. The number of aromatic amines is 1. The molecular weight excluding hydrogens is 222 g/mol. The standard InChI is InChI=1S/C15H11N3/c16-9-8-13-7-6-12-10-14(18-15(12)17-13)11-4-2-1-3-5-11/h1-7,10H,8H2,(H,17,18). The minimum absolute atomic E-state index is 0.343. The van der Waals surface area contributed by atoms with Gasteiger partial charge < -0.3 is 4.98 Å². The number of H-pyrrole nitrogens is 1. The predicted octanol–water partition coefficient (Wildman–Crippen LogP) is 3.30. The Morgan fingerprint density at radius 1 is 1.11 bits per heavy atom. The highest BCUT2D eigenvalue weighted by atomic mass is 14.9. The number of rotatable bonds is 2. The van der Waals surface area contributed by atoms with Gasteiger partial charge in [0.1, 0.15) is 5.65 Å². The molecule has 3 heteroatoms. The van der Waals surface area contributed by atoms with E-state index >= 15 is 0 Å². The molecule has 86 valence electrons. The second-order valence-electron chi connectivity index (χ2n) is 4.12. The van der Waals surface area contributed by atoms with Gasteiger partial charge in [0.15, 0.2) is 0 Å². The highest BCUT2D eigenvalue weighted by Crippen LogP contribution is 2.23. The van der Waals surface area contributed by atoms with Crippen LogP contribution in [0, 0.1) is 11.3 Å². The van der Waals surface area contributed by atoms with Gasteiger partial charge in [-0.1, -0.05) is 30.3 Å². The van der Waals surface area contributed by atoms with Gasteiger partial charge in [-0.05, 0) is 23.8 Å². The molecule has 0 saturated carbocycles. The molecule has 3 nitrogen and oxygen atoms in total. The number of nitriles is 1. The third kappa shape index (κ3) is 1.85. The van der Waals surface area contributed by atoms with Crippen LogP contribution in [-0.2, 0) is 6.42 Å². The summed E-state index contributed by atoms with van der Waals surface area (Å²) in [5, 5.41) is 9.74. The maximum atomic E-state index is 8.67. The zero-order chi connectivity index (χ0) is 12.4. The lowest BCUT2D eigenvalue weighted by molar-refractivity contribution is 1.13. The van der Waals surface area contributed by atoms with Crippen LogP contribution >= 0.6 is 0 Å². The van der Waals surface area contributed by atoms with Crippen LogP contribution in [0.4, 0.5) is 0 Å². The fourth-order valence-corrected chi connectivity index (χ4v) is 2.00. The first kappa shape index (κ1) is 10.5. The van der Waals surface area contributed by atoms with Gasteiger partial charge in [0.25, 0.3) is 0 Å². The van der Waals surface area contributed by atoms with Crippen molar-refractivity contribution < 1.29 is 0 Å². The summed E-state index contributed by atoms with van der Waals surface area (Å²) in [5.74, 6) is 0. The molecule has 0 aliphatic carbocycles. The van der Waals surface area contributed by atoms with Gasteiger partial charge in [-0.2, -0.15) is 5.26 Å². The van der Waals surface area contributed by atoms with Crippen molar-refractivity contribution in [2.24, 2.45) is 0 Å². The van der Waals surface area contributed by atoms with Crippen molar-refractivity contribution in [3.05, 3.63) is 54.2 Å². The molecule has 0 saturated heterocycles. The Hall–Kier alpha value is -2.60. The summed E-state index contributed by atoms with van der Waals surface area (Å²) in [4.78, 5) is 7.72. The summed E-state index contributed by atoms with van der Waals surface area (Å²) in [6.45, 7) is 0. The van der Waals surface area contributed by atoms with Gasteiger partial charge in [-0.15, -0.1) is 0 Å². The third-order valence-corrected chi connectivity index (χ3v) is 2.88. The Morgan fingerprint density at radius 3 is 2.72 bits per heavy atom. The molecule has 0 unspecified atom stereocenters. The van der Waals surface area contributed by atoms with Crippen molar-refractivity contribution in [2.75, 3.05) is 0 Å². The van der Waals surface area contributed by atoms with Crippen LogP contribution in [0.3, 0.4) is 0 Å². The van der Waals surface area contributed by atoms with Crippen LogP contribution in [-0.4, -0.2) is 9.97 Å². The summed E-state index contributed by atoms with van der Waals surface area (Å²) < 4.78 is 0. The highest BCUT2D eigenvalue weighted by Gasteiger charge is 2.04. The average Bonchev–Trinajstić information content (AvgIpc) is 2.83. The van der Waals surface area contributed by atoms with E-state index in [1.807, 2.05) is 30.3 Å². The maximum Gasteiger partial charge on any atom is 0.138 e. The van der Waals surface area contributed by atoms with Crippen LogP contribution in [0.5, 0.6) is 0 Å². The van der Waals surface area contributed by atoms with Crippen molar-refractivity contribution in [3.63, 3.8) is 0 Å². The van der Waals surface area contributed by atoms with Crippen LogP contribution in [0.1, 0.15) is 5.69 Å². The van der Waals surface area contributed by atoms with Crippen LogP contribution in [0.25, 0.3) is 22.3 Å². The van der Waals surface area contributed by atoms with Crippen LogP contribution < -0.4 is 0 Å². The second-order valence-corrected chi connectivity index (χ2v) is 4.12. The minimum Gasteiger partial charge on any atom is -0.339 e. The van der Waals surface area contributed by atoms with Crippen molar-refractivity contribution in [3.8, 4) is 17.3 Å². The lowest BCUT2D eigenvalue weighted by atomic mass is 10.1. The summed E-state index contributed by atoms with van der Waals surface area (Å²) in [6, 6.07) is 18.2. The fourth-order valence-electron chi connectivity index (χ4n) is 2.00. The number of nitrogens with one attached hydrogen (secondary N) is 1. The summed E-state index contributed by atoms with van der Waals surface area (Å²) >= 11 is 0. The molecule has 2 heterocycles. The van der Waals surface area contributed by atoms with Crippen molar-refractivity contribution in [1.29, 1.82) is 5.26 Å². The van der Waals surface area contributed by atoms with E-state index in [1.54, 1.807) is 0 Å². The summed E-state index contributed by atoms with van der Waals surface area (Å²) in [5.41, 5.74) is 3.82. The van der Waals surface area contributed by atoms with E-state index in [9.17, 15) is 0 Å². The second kappa shape index (κ2) is 4.34. The van der Waals surface area contributed by atoms with Gasteiger partial charge in [0.2, 0.25) is 0 Å².